The van der Waals surface area contributed by atoms with Crippen LogP contribution in [-0.4, -0.2) is 73.3 Å². The monoisotopic (exact) mass is 683 g/mol. The SMILES string of the molecule is CO[C@]12CC[C@@]3(C[C@@H]1COCc1ccc(C(F)(F)F)cc1)[C@H]1Cc4ccc(O)c5c4[C@@]3(CC[N+]1(C)CC1CC1)[C@H]2O5.O=C([O-])C(F)(F)F. The Hall–Kier alpha value is -3.03. The lowest BCUT2D eigenvalue weighted by Gasteiger charge is -2.74. The number of hydrogen-bond acceptors (Lipinski definition) is 6. The highest BCUT2D eigenvalue weighted by Crippen LogP contribution is 2.77. The van der Waals surface area contributed by atoms with Crippen LogP contribution in [0.5, 0.6) is 11.5 Å². The molecule has 2 aromatic rings. The van der Waals surface area contributed by atoms with Crippen LogP contribution in [0.3, 0.4) is 0 Å². The molecule has 9 rings (SSSR count). The smallest absolute Gasteiger partial charge is 0.430 e. The van der Waals surface area contributed by atoms with Crippen molar-refractivity contribution in [1.82, 2.24) is 0 Å². The lowest BCUT2D eigenvalue weighted by Crippen LogP contribution is -2.83. The van der Waals surface area contributed by atoms with Gasteiger partial charge in [-0.15, -0.1) is 0 Å². The number of carboxylic acids is 1. The highest BCUT2D eigenvalue weighted by atomic mass is 19.4. The Morgan fingerprint density at radius 1 is 1.06 bits per heavy atom. The van der Waals surface area contributed by atoms with Crippen LogP contribution in [0.4, 0.5) is 26.3 Å². The molecule has 0 aromatic heterocycles. The lowest BCUT2D eigenvalue weighted by atomic mass is 9.34. The minimum atomic E-state index is -5.19. The van der Waals surface area contributed by atoms with Crippen molar-refractivity contribution < 1.29 is 60.0 Å². The second-order valence-electron chi connectivity index (χ2n) is 14.9. The highest BCUT2D eigenvalue weighted by molar-refractivity contribution is 5.70. The molecule has 7 atom stereocenters. The van der Waals surface area contributed by atoms with Crippen molar-refractivity contribution in [2.24, 2.45) is 17.3 Å². The number of hydrogen-bond donors (Lipinski definition) is 1. The fraction of sp³-hybridized carbons (Fsp3) is 0.629. The molecule has 48 heavy (non-hydrogen) atoms. The molecule has 7 nitrogen and oxygen atoms in total. The molecule has 4 bridgehead atoms. The van der Waals surface area contributed by atoms with E-state index in [1.54, 1.807) is 7.11 Å². The third kappa shape index (κ3) is 4.85. The average Bonchev–Trinajstić information content (AvgIpc) is 3.75. The number of quaternary nitrogens is 1. The predicted octanol–water partition coefficient (Wildman–Crippen LogP) is 5.30. The van der Waals surface area contributed by atoms with Gasteiger partial charge in [0.25, 0.3) is 0 Å². The summed E-state index contributed by atoms with van der Waals surface area (Å²) in [7, 11) is 4.28. The molecule has 1 unspecified atom stereocenters. The van der Waals surface area contributed by atoms with Crippen LogP contribution < -0.4 is 9.84 Å². The molecule has 0 amide bonds. The minimum Gasteiger partial charge on any atom is -0.542 e. The molecular formula is C35H39F6NO6. The number of fused-ring (bicyclic) bond motifs is 2. The van der Waals surface area contributed by atoms with Crippen LogP contribution in [-0.2, 0) is 38.9 Å². The second-order valence-corrected chi connectivity index (χ2v) is 14.9. The molecule has 2 aliphatic heterocycles. The first kappa shape index (κ1) is 33.5. The van der Waals surface area contributed by atoms with Gasteiger partial charge in [-0.2, -0.15) is 26.3 Å². The van der Waals surface area contributed by atoms with Gasteiger partial charge in [-0.25, -0.2) is 0 Å². The third-order valence-electron chi connectivity index (χ3n) is 12.6. The summed E-state index contributed by atoms with van der Waals surface area (Å²) in [5, 5.41) is 19.8. The van der Waals surface area contributed by atoms with Crippen LogP contribution in [0.25, 0.3) is 0 Å². The van der Waals surface area contributed by atoms with Gasteiger partial charge in [-0.1, -0.05) is 18.2 Å². The first-order valence-corrected chi connectivity index (χ1v) is 16.4. The zero-order chi connectivity index (χ0) is 34.5. The van der Waals surface area contributed by atoms with E-state index < -0.39 is 29.5 Å². The van der Waals surface area contributed by atoms with Crippen molar-refractivity contribution in [3.05, 3.63) is 58.7 Å². The van der Waals surface area contributed by atoms with Crippen LogP contribution in [0.15, 0.2) is 36.4 Å². The lowest BCUT2D eigenvalue weighted by molar-refractivity contribution is -0.952. The van der Waals surface area contributed by atoms with E-state index in [2.05, 4.69) is 13.1 Å². The average molecular weight is 684 g/mol. The molecular weight excluding hydrogens is 644 g/mol. The number of likely N-dealkylation sites (tertiary alicyclic amines) is 1. The summed E-state index contributed by atoms with van der Waals surface area (Å²) in [6, 6.07) is 9.67. The number of methoxy groups -OCH3 is 1. The van der Waals surface area contributed by atoms with Crippen molar-refractivity contribution in [1.29, 1.82) is 0 Å². The quantitative estimate of drug-likeness (QED) is 0.315. The molecule has 1 N–H and O–H groups in total. The van der Waals surface area contributed by atoms with E-state index >= 15 is 0 Å². The van der Waals surface area contributed by atoms with Gasteiger partial charge in [0.1, 0.15) is 17.7 Å². The Bertz CT molecular complexity index is 1590. The number of piperidine rings is 1. The number of likely N-dealkylation sites (N-methyl/N-ethyl adjacent to an activating group) is 1. The number of ether oxygens (including phenoxy) is 3. The van der Waals surface area contributed by atoms with Gasteiger partial charge >= 0.3 is 12.4 Å². The maximum absolute atomic E-state index is 13.0. The largest absolute Gasteiger partial charge is 0.542 e. The number of aromatic hydroxyl groups is 1. The fourth-order valence-electron chi connectivity index (χ4n) is 10.6. The highest BCUT2D eigenvalue weighted by Gasteiger charge is 2.83. The molecule has 7 aliphatic rings. The van der Waals surface area contributed by atoms with E-state index in [4.69, 9.17) is 24.1 Å². The van der Waals surface area contributed by atoms with Gasteiger partial charge in [-0.3, -0.25) is 0 Å². The van der Waals surface area contributed by atoms with Crippen molar-refractivity contribution in [2.45, 2.75) is 87.1 Å². The molecule has 4 saturated carbocycles. The number of phenols is 1. The number of carbonyl (C=O) groups is 1. The molecule has 0 radical (unpaired) electrons. The summed E-state index contributed by atoms with van der Waals surface area (Å²) in [5.41, 5.74) is 1.95. The molecule has 2 heterocycles. The van der Waals surface area contributed by atoms with E-state index in [1.807, 2.05) is 6.07 Å². The summed E-state index contributed by atoms with van der Waals surface area (Å²) in [4.78, 5) is 8.78. The maximum Gasteiger partial charge on any atom is 0.430 e. The third-order valence-corrected chi connectivity index (χ3v) is 12.6. The van der Waals surface area contributed by atoms with E-state index in [9.17, 15) is 31.4 Å². The number of benzene rings is 2. The zero-order valence-corrected chi connectivity index (χ0v) is 26.8. The van der Waals surface area contributed by atoms with Crippen LogP contribution in [0, 0.1) is 17.3 Å². The number of halogens is 6. The van der Waals surface area contributed by atoms with Crippen LogP contribution >= 0.6 is 0 Å². The molecule has 13 heteroatoms. The Balaban J connectivity index is 0.000000473. The first-order chi connectivity index (χ1) is 22.5. The summed E-state index contributed by atoms with van der Waals surface area (Å²) in [5.74, 6) is -1.20. The molecule has 5 fully saturated rings. The van der Waals surface area contributed by atoms with E-state index in [-0.39, 0.29) is 35.2 Å². The first-order valence-electron chi connectivity index (χ1n) is 16.4. The maximum atomic E-state index is 13.0. The van der Waals surface area contributed by atoms with E-state index in [0.29, 0.717) is 18.4 Å². The van der Waals surface area contributed by atoms with Crippen molar-refractivity contribution in [3.8, 4) is 11.5 Å². The van der Waals surface area contributed by atoms with Gasteiger partial charge in [0, 0.05) is 42.8 Å². The van der Waals surface area contributed by atoms with Crippen molar-refractivity contribution in [2.75, 3.05) is 33.9 Å². The van der Waals surface area contributed by atoms with E-state index in [0.717, 1.165) is 66.7 Å². The number of alkyl halides is 6. The summed E-state index contributed by atoms with van der Waals surface area (Å²) < 4.78 is 91.5. The number of carbonyl (C=O) groups excluding carboxylic acids is 1. The van der Waals surface area contributed by atoms with Gasteiger partial charge in [0.15, 0.2) is 11.5 Å². The van der Waals surface area contributed by atoms with Gasteiger partial charge in [0.05, 0.1) is 50.4 Å². The summed E-state index contributed by atoms with van der Waals surface area (Å²) in [6.45, 7) is 3.06. The topological polar surface area (TPSA) is 88.1 Å². The number of rotatable bonds is 7. The van der Waals surface area contributed by atoms with Crippen LogP contribution in [0.2, 0.25) is 0 Å². The van der Waals surface area contributed by atoms with Gasteiger partial charge in [-0.05, 0) is 61.4 Å². The van der Waals surface area contributed by atoms with Gasteiger partial charge < -0.3 is 33.7 Å². The van der Waals surface area contributed by atoms with Crippen molar-refractivity contribution >= 4 is 5.97 Å². The molecule has 5 aliphatic carbocycles. The Morgan fingerprint density at radius 3 is 2.35 bits per heavy atom. The second kappa shape index (κ2) is 11.0. The van der Waals surface area contributed by atoms with E-state index in [1.165, 1.54) is 42.6 Å². The molecule has 262 valence electrons. The molecule has 1 saturated heterocycles. The fourth-order valence-corrected chi connectivity index (χ4v) is 10.6. The summed E-state index contributed by atoms with van der Waals surface area (Å²) in [6.07, 6.45) is -2.08. The van der Waals surface area contributed by atoms with Gasteiger partial charge in [0.2, 0.25) is 0 Å². The Kier molecular flexibility index (Phi) is 7.66. The Labute approximate surface area is 274 Å². The summed E-state index contributed by atoms with van der Waals surface area (Å²) >= 11 is 0. The standard InChI is InChI=1S/C33H38F3NO4.C2HF3O2/c1-37(17-20-3-4-20)14-13-31-27-22-7-10-25(38)28(27)41-29(31)32(39-2)12-11-30(31,26(37)15-22)16-24(32)19-40-18-21-5-8-23(9-6-21)33(34,35)36;3-2(4,5)1(6)7/h5-10,20,24,26,29H,3-4,11-19H2,1-2H3;(H,6,7)/t24-,26-,29-,30-,31+,32-,37?;/m1./s1. The number of aliphatic carboxylic acids is 1. The minimum absolute atomic E-state index is 0.0221. The number of phenolic OH excluding ortho intramolecular Hbond substituents is 1. The molecule has 2 aromatic carbocycles. The molecule has 2 spiro atoms. The van der Waals surface area contributed by atoms with Crippen molar-refractivity contribution in [3.63, 3.8) is 0 Å². The number of carboxylic acid groups (broad SMARTS) is 1. The predicted molar refractivity (Wildman–Crippen MR) is 157 cm³/mol. The van der Waals surface area contributed by atoms with Crippen LogP contribution in [0.1, 0.15) is 60.8 Å². The zero-order valence-electron chi connectivity index (χ0n) is 26.8. The normalized spacial score (nSPS) is 35.7. The Morgan fingerprint density at radius 2 is 1.75 bits per heavy atom. The number of nitrogens with zero attached hydrogens (tertiary/aromatic N) is 1.